The normalized spacial score (nSPS) is 16.4. The van der Waals surface area contributed by atoms with Gasteiger partial charge in [0.2, 0.25) is 0 Å². The minimum Gasteiger partial charge on any atom is -0.493 e. The average Bonchev–Trinajstić information content (AvgIpc) is 3.30. The summed E-state index contributed by atoms with van der Waals surface area (Å²) in [4.78, 5) is 15.1. The van der Waals surface area contributed by atoms with Crippen molar-refractivity contribution in [2.24, 2.45) is 0 Å². The first-order valence-corrected chi connectivity index (χ1v) is 11.1. The Bertz CT molecular complexity index is 1110. The standard InChI is InChI=1S/C26H28N2O3/c1-3-17-30-22-11-10-20(18-19(22)2)25(29)27-15-12-26(13-16-27)24-9-6-14-28(24)21-7-4-5-8-23(21)31-26/h4-11,14,18H,3,12-13,15-17H2,1-2H3. The van der Waals surface area contributed by atoms with E-state index in [0.717, 1.165) is 47.6 Å². The number of benzene rings is 2. The topological polar surface area (TPSA) is 43.7 Å². The van der Waals surface area contributed by atoms with Gasteiger partial charge >= 0.3 is 0 Å². The highest BCUT2D eigenvalue weighted by Gasteiger charge is 2.44. The molecule has 3 aromatic rings. The van der Waals surface area contributed by atoms with Crippen LogP contribution in [0, 0.1) is 6.92 Å². The lowest BCUT2D eigenvalue weighted by atomic mass is 9.86. The van der Waals surface area contributed by atoms with Crippen LogP contribution in [0.1, 0.15) is 47.8 Å². The molecule has 0 saturated carbocycles. The molecule has 1 amide bonds. The maximum absolute atomic E-state index is 13.2. The van der Waals surface area contributed by atoms with Crippen molar-refractivity contribution in [3.8, 4) is 17.2 Å². The number of rotatable bonds is 4. The van der Waals surface area contributed by atoms with E-state index in [9.17, 15) is 4.79 Å². The quantitative estimate of drug-likeness (QED) is 0.594. The van der Waals surface area contributed by atoms with E-state index in [1.807, 2.05) is 48.2 Å². The van der Waals surface area contributed by atoms with Crippen molar-refractivity contribution in [1.82, 2.24) is 9.47 Å². The van der Waals surface area contributed by atoms with E-state index in [2.05, 4.69) is 35.9 Å². The summed E-state index contributed by atoms with van der Waals surface area (Å²) in [6, 6.07) is 18.1. The van der Waals surface area contributed by atoms with Crippen LogP contribution >= 0.6 is 0 Å². The first-order valence-electron chi connectivity index (χ1n) is 11.1. The van der Waals surface area contributed by atoms with Crippen molar-refractivity contribution in [2.45, 2.75) is 38.7 Å². The van der Waals surface area contributed by atoms with E-state index in [1.54, 1.807) is 0 Å². The van der Waals surface area contributed by atoms with Crippen LogP contribution in [-0.4, -0.2) is 35.1 Å². The number of piperidine rings is 1. The van der Waals surface area contributed by atoms with Crippen LogP contribution in [0.5, 0.6) is 11.5 Å². The monoisotopic (exact) mass is 416 g/mol. The third kappa shape index (κ3) is 3.38. The van der Waals surface area contributed by atoms with Crippen molar-refractivity contribution < 1.29 is 14.3 Å². The van der Waals surface area contributed by atoms with Gasteiger partial charge in [-0.05, 0) is 61.4 Å². The SMILES string of the molecule is CCCOc1ccc(C(=O)N2CCC3(CC2)Oc2ccccc2-n2cccc23)cc1C. The van der Waals surface area contributed by atoms with Crippen molar-refractivity contribution in [1.29, 1.82) is 0 Å². The molecule has 0 aliphatic carbocycles. The minimum atomic E-state index is -0.387. The molecule has 5 heteroatoms. The average molecular weight is 417 g/mol. The number of nitrogens with zero attached hydrogens (tertiary/aromatic N) is 2. The summed E-state index contributed by atoms with van der Waals surface area (Å²) >= 11 is 0. The van der Waals surface area contributed by atoms with Gasteiger partial charge < -0.3 is 18.9 Å². The first-order chi connectivity index (χ1) is 15.1. The van der Waals surface area contributed by atoms with E-state index in [0.29, 0.717) is 19.7 Å². The third-order valence-corrected chi connectivity index (χ3v) is 6.39. The highest BCUT2D eigenvalue weighted by atomic mass is 16.5. The fraction of sp³-hybridized carbons (Fsp3) is 0.346. The summed E-state index contributed by atoms with van der Waals surface area (Å²) in [5.74, 6) is 1.84. The molecule has 3 heterocycles. The molecule has 0 N–H and O–H groups in total. The Hall–Kier alpha value is -3.21. The van der Waals surface area contributed by atoms with E-state index in [1.165, 1.54) is 5.69 Å². The van der Waals surface area contributed by atoms with Crippen LogP contribution in [0.15, 0.2) is 60.8 Å². The number of para-hydroxylation sites is 2. The molecular formula is C26H28N2O3. The Morgan fingerprint density at radius 1 is 1.10 bits per heavy atom. The lowest BCUT2D eigenvalue weighted by Gasteiger charge is -2.45. The van der Waals surface area contributed by atoms with Crippen molar-refractivity contribution >= 4 is 5.91 Å². The second kappa shape index (κ2) is 7.80. The van der Waals surface area contributed by atoms with Crippen LogP contribution < -0.4 is 9.47 Å². The number of carbonyl (C=O) groups excluding carboxylic acids is 1. The molecule has 0 bridgehead atoms. The molecule has 1 spiro atoms. The molecule has 2 aliphatic heterocycles. The second-order valence-electron chi connectivity index (χ2n) is 8.45. The van der Waals surface area contributed by atoms with Crippen molar-refractivity contribution in [3.63, 3.8) is 0 Å². The number of carbonyl (C=O) groups is 1. The van der Waals surface area contributed by atoms with Crippen LogP contribution in [-0.2, 0) is 5.60 Å². The van der Waals surface area contributed by atoms with E-state index in [-0.39, 0.29) is 11.5 Å². The summed E-state index contributed by atoms with van der Waals surface area (Å²) < 4.78 is 14.6. The van der Waals surface area contributed by atoms with Crippen LogP contribution in [0.3, 0.4) is 0 Å². The maximum atomic E-state index is 13.2. The number of hydrogen-bond donors (Lipinski definition) is 0. The molecular weight excluding hydrogens is 388 g/mol. The highest BCUT2D eigenvalue weighted by molar-refractivity contribution is 5.94. The molecule has 1 aromatic heterocycles. The molecule has 5 rings (SSSR count). The smallest absolute Gasteiger partial charge is 0.253 e. The zero-order valence-electron chi connectivity index (χ0n) is 18.1. The molecule has 1 saturated heterocycles. The highest BCUT2D eigenvalue weighted by Crippen LogP contribution is 2.45. The van der Waals surface area contributed by atoms with Crippen LogP contribution in [0.4, 0.5) is 0 Å². The Kier molecular flexibility index (Phi) is 4.97. The summed E-state index contributed by atoms with van der Waals surface area (Å²) in [6.07, 6.45) is 4.61. The molecule has 2 aliphatic rings. The molecule has 2 aromatic carbocycles. The van der Waals surface area contributed by atoms with Crippen LogP contribution in [0.2, 0.25) is 0 Å². The number of aryl methyl sites for hydroxylation is 1. The number of hydrogen-bond acceptors (Lipinski definition) is 3. The third-order valence-electron chi connectivity index (χ3n) is 6.39. The number of aromatic nitrogens is 1. The summed E-state index contributed by atoms with van der Waals surface area (Å²) in [5.41, 5.74) is 3.58. The van der Waals surface area contributed by atoms with Gasteiger partial charge in [-0.1, -0.05) is 19.1 Å². The van der Waals surface area contributed by atoms with Gasteiger partial charge in [-0.2, -0.15) is 0 Å². The molecule has 1 fully saturated rings. The van der Waals surface area contributed by atoms with E-state index < -0.39 is 0 Å². The predicted molar refractivity (Wildman–Crippen MR) is 120 cm³/mol. The van der Waals surface area contributed by atoms with Crippen LogP contribution in [0.25, 0.3) is 5.69 Å². The van der Waals surface area contributed by atoms with Gasteiger partial charge in [0.15, 0.2) is 5.60 Å². The molecule has 160 valence electrons. The Labute approximate surface area is 183 Å². The summed E-state index contributed by atoms with van der Waals surface area (Å²) in [7, 11) is 0. The van der Waals surface area contributed by atoms with Gasteiger partial charge in [0.05, 0.1) is 18.0 Å². The Morgan fingerprint density at radius 2 is 1.90 bits per heavy atom. The minimum absolute atomic E-state index is 0.0755. The Morgan fingerprint density at radius 3 is 2.68 bits per heavy atom. The summed E-state index contributed by atoms with van der Waals surface area (Å²) in [5, 5.41) is 0. The Balaban J connectivity index is 1.33. The molecule has 0 atom stereocenters. The number of fused-ring (bicyclic) bond motifs is 4. The zero-order chi connectivity index (χ0) is 21.4. The number of likely N-dealkylation sites (tertiary alicyclic amines) is 1. The van der Waals surface area contributed by atoms with E-state index >= 15 is 0 Å². The number of amides is 1. The van der Waals surface area contributed by atoms with Gasteiger partial charge in [0, 0.05) is 37.7 Å². The molecule has 0 unspecified atom stereocenters. The lowest BCUT2D eigenvalue weighted by molar-refractivity contribution is -0.00931. The fourth-order valence-electron chi connectivity index (χ4n) is 4.74. The van der Waals surface area contributed by atoms with E-state index in [4.69, 9.17) is 9.47 Å². The first kappa shape index (κ1) is 19.7. The zero-order valence-corrected chi connectivity index (χ0v) is 18.1. The number of ether oxygens (including phenoxy) is 2. The van der Waals surface area contributed by atoms with Gasteiger partial charge in [0.1, 0.15) is 11.5 Å². The lowest BCUT2D eigenvalue weighted by Crippen LogP contribution is -2.50. The van der Waals surface area contributed by atoms with Gasteiger partial charge in [-0.15, -0.1) is 0 Å². The largest absolute Gasteiger partial charge is 0.493 e. The maximum Gasteiger partial charge on any atom is 0.253 e. The molecule has 0 radical (unpaired) electrons. The second-order valence-corrected chi connectivity index (χ2v) is 8.45. The molecule has 5 nitrogen and oxygen atoms in total. The molecule has 31 heavy (non-hydrogen) atoms. The predicted octanol–water partition coefficient (Wildman–Crippen LogP) is 5.10. The van der Waals surface area contributed by atoms with Crippen molar-refractivity contribution in [2.75, 3.05) is 19.7 Å². The fourth-order valence-corrected chi connectivity index (χ4v) is 4.74. The van der Waals surface area contributed by atoms with Gasteiger partial charge in [-0.25, -0.2) is 0 Å². The van der Waals surface area contributed by atoms with Crippen molar-refractivity contribution in [3.05, 3.63) is 77.6 Å². The van der Waals surface area contributed by atoms with Gasteiger partial charge in [0.25, 0.3) is 5.91 Å². The van der Waals surface area contributed by atoms with Gasteiger partial charge in [-0.3, -0.25) is 4.79 Å². The summed E-state index contributed by atoms with van der Waals surface area (Å²) in [6.45, 7) is 6.10.